The summed E-state index contributed by atoms with van der Waals surface area (Å²) in [5.74, 6) is -1.84. The molecule has 9 heteroatoms. The number of likely N-dealkylation sites (N-methyl/N-ethyl adjacent to an activating group) is 1. The van der Waals surface area contributed by atoms with Crippen LogP contribution in [-0.2, 0) is 21.2 Å². The van der Waals surface area contributed by atoms with Gasteiger partial charge in [-0.25, -0.2) is 17.5 Å². The average molecular weight is 405 g/mol. The van der Waals surface area contributed by atoms with Gasteiger partial charge in [-0.3, -0.25) is 9.59 Å². The Morgan fingerprint density at radius 3 is 2.57 bits per heavy atom. The molecule has 0 unspecified atom stereocenters. The molecule has 2 amide bonds. The van der Waals surface area contributed by atoms with E-state index in [-0.39, 0.29) is 24.4 Å². The Morgan fingerprint density at radius 1 is 1.18 bits per heavy atom. The summed E-state index contributed by atoms with van der Waals surface area (Å²) in [4.78, 5) is 23.5. The molecule has 0 atom stereocenters. The smallest absolute Gasteiger partial charge is 0.255 e. The lowest BCUT2D eigenvalue weighted by Gasteiger charge is -2.12. The van der Waals surface area contributed by atoms with Crippen LogP contribution < -0.4 is 15.4 Å². The SMILES string of the molecule is C=CCNS(=O)(=O)c1cc(C(=O)Nc2ccccc2CC(=O)NC)ccc1F. The number of benzene rings is 2. The normalized spacial score (nSPS) is 10.9. The van der Waals surface area contributed by atoms with E-state index in [1.807, 2.05) is 0 Å². The largest absolute Gasteiger partial charge is 0.359 e. The van der Waals surface area contributed by atoms with E-state index in [2.05, 4.69) is 21.9 Å². The molecule has 0 fully saturated rings. The summed E-state index contributed by atoms with van der Waals surface area (Å²) < 4.78 is 40.5. The predicted octanol–water partition coefficient (Wildman–Crippen LogP) is 1.83. The summed E-state index contributed by atoms with van der Waals surface area (Å²) in [6, 6.07) is 9.75. The quantitative estimate of drug-likeness (QED) is 0.583. The van der Waals surface area contributed by atoms with Crippen LogP contribution in [0.4, 0.5) is 10.1 Å². The van der Waals surface area contributed by atoms with E-state index in [9.17, 15) is 22.4 Å². The van der Waals surface area contributed by atoms with Crippen molar-refractivity contribution in [2.45, 2.75) is 11.3 Å². The van der Waals surface area contributed by atoms with Crippen molar-refractivity contribution < 1.29 is 22.4 Å². The molecule has 0 spiro atoms. The van der Waals surface area contributed by atoms with Gasteiger partial charge in [-0.1, -0.05) is 24.3 Å². The second-order valence-electron chi connectivity index (χ2n) is 5.75. The maximum Gasteiger partial charge on any atom is 0.255 e. The van der Waals surface area contributed by atoms with Crippen molar-refractivity contribution in [1.82, 2.24) is 10.0 Å². The number of halogens is 1. The number of sulfonamides is 1. The third-order valence-electron chi connectivity index (χ3n) is 3.80. The summed E-state index contributed by atoms with van der Waals surface area (Å²) in [6.45, 7) is 3.32. The molecule has 0 saturated heterocycles. The molecular formula is C19H20FN3O4S. The minimum Gasteiger partial charge on any atom is -0.359 e. The van der Waals surface area contributed by atoms with Gasteiger partial charge in [0.15, 0.2) is 0 Å². The van der Waals surface area contributed by atoms with Gasteiger partial charge in [0.25, 0.3) is 5.91 Å². The number of amides is 2. The second-order valence-corrected chi connectivity index (χ2v) is 7.48. The van der Waals surface area contributed by atoms with Crippen LogP contribution in [0.25, 0.3) is 0 Å². The highest BCUT2D eigenvalue weighted by Crippen LogP contribution is 2.20. The molecule has 7 nitrogen and oxygen atoms in total. The molecule has 0 aliphatic carbocycles. The Bertz CT molecular complexity index is 1010. The Kier molecular flexibility index (Phi) is 7.02. The number of anilines is 1. The lowest BCUT2D eigenvalue weighted by molar-refractivity contribution is -0.119. The van der Waals surface area contributed by atoms with Crippen LogP contribution in [0.15, 0.2) is 60.0 Å². The number of nitrogens with one attached hydrogen (secondary N) is 3. The minimum absolute atomic E-state index is 0.0462. The molecule has 2 aromatic carbocycles. The molecular weight excluding hydrogens is 385 g/mol. The van der Waals surface area contributed by atoms with Gasteiger partial charge < -0.3 is 10.6 Å². The highest BCUT2D eigenvalue weighted by atomic mass is 32.2. The predicted molar refractivity (Wildman–Crippen MR) is 104 cm³/mol. The van der Waals surface area contributed by atoms with Crippen molar-refractivity contribution >= 4 is 27.5 Å². The van der Waals surface area contributed by atoms with Crippen LogP contribution in [0.3, 0.4) is 0 Å². The first kappa shape index (κ1) is 21.3. The number of carbonyl (C=O) groups is 2. The Labute approximate surface area is 162 Å². The average Bonchev–Trinajstić information content (AvgIpc) is 2.67. The summed E-state index contributed by atoms with van der Waals surface area (Å²) in [5.41, 5.74) is 0.933. The van der Waals surface area contributed by atoms with Crippen molar-refractivity contribution in [2.75, 3.05) is 18.9 Å². The molecule has 3 N–H and O–H groups in total. The van der Waals surface area contributed by atoms with E-state index in [4.69, 9.17) is 0 Å². The number of hydrogen-bond acceptors (Lipinski definition) is 4. The van der Waals surface area contributed by atoms with E-state index < -0.39 is 26.6 Å². The van der Waals surface area contributed by atoms with Gasteiger partial charge in [0.05, 0.1) is 6.42 Å². The van der Waals surface area contributed by atoms with Crippen molar-refractivity contribution in [3.8, 4) is 0 Å². The first-order valence-corrected chi connectivity index (χ1v) is 9.76. The minimum atomic E-state index is -4.14. The number of para-hydroxylation sites is 1. The molecule has 28 heavy (non-hydrogen) atoms. The topological polar surface area (TPSA) is 104 Å². The maximum atomic E-state index is 14.0. The molecule has 0 saturated carbocycles. The fraction of sp³-hybridized carbons (Fsp3) is 0.158. The lowest BCUT2D eigenvalue weighted by atomic mass is 10.1. The third kappa shape index (κ3) is 5.24. The first-order chi connectivity index (χ1) is 13.3. The fourth-order valence-electron chi connectivity index (χ4n) is 2.35. The van der Waals surface area contributed by atoms with Crippen molar-refractivity contribution in [1.29, 1.82) is 0 Å². The van der Waals surface area contributed by atoms with Crippen LogP contribution in [0.1, 0.15) is 15.9 Å². The molecule has 148 valence electrons. The van der Waals surface area contributed by atoms with Crippen molar-refractivity contribution in [3.05, 3.63) is 72.1 Å². The van der Waals surface area contributed by atoms with Gasteiger partial charge in [0.1, 0.15) is 10.7 Å². The summed E-state index contributed by atoms with van der Waals surface area (Å²) in [5, 5.41) is 5.12. The lowest BCUT2D eigenvalue weighted by Crippen LogP contribution is -2.25. The molecule has 0 aliphatic rings. The van der Waals surface area contributed by atoms with E-state index in [0.29, 0.717) is 11.3 Å². The van der Waals surface area contributed by atoms with E-state index >= 15 is 0 Å². The molecule has 2 rings (SSSR count). The van der Waals surface area contributed by atoms with Gasteiger partial charge in [0.2, 0.25) is 15.9 Å². The van der Waals surface area contributed by atoms with Gasteiger partial charge >= 0.3 is 0 Å². The van der Waals surface area contributed by atoms with Gasteiger partial charge in [-0.15, -0.1) is 6.58 Å². The van der Waals surface area contributed by atoms with Gasteiger partial charge in [-0.2, -0.15) is 0 Å². The molecule has 2 aromatic rings. The monoisotopic (exact) mass is 405 g/mol. The zero-order valence-electron chi connectivity index (χ0n) is 15.2. The molecule has 0 aromatic heterocycles. The van der Waals surface area contributed by atoms with Crippen LogP contribution in [0.5, 0.6) is 0 Å². The highest BCUT2D eigenvalue weighted by Gasteiger charge is 2.21. The Balaban J connectivity index is 2.30. The zero-order chi connectivity index (χ0) is 20.7. The van der Waals surface area contributed by atoms with Gasteiger partial charge in [0, 0.05) is 24.8 Å². The summed E-state index contributed by atoms with van der Waals surface area (Å²) in [6.07, 6.45) is 1.37. The van der Waals surface area contributed by atoms with Crippen LogP contribution in [0, 0.1) is 5.82 Å². The standard InChI is InChI=1S/C19H20FN3O4S/c1-3-10-22-28(26,27)17-11-14(8-9-15(17)20)19(25)23-16-7-5-4-6-13(16)12-18(24)21-2/h3-9,11,22H,1,10,12H2,2H3,(H,21,24)(H,23,25). The molecule has 0 bridgehead atoms. The first-order valence-electron chi connectivity index (χ1n) is 8.28. The fourth-order valence-corrected chi connectivity index (χ4v) is 3.45. The number of hydrogen-bond donors (Lipinski definition) is 3. The van der Waals surface area contributed by atoms with Crippen LogP contribution >= 0.6 is 0 Å². The Hall–Kier alpha value is -3.04. The van der Waals surface area contributed by atoms with E-state index in [1.165, 1.54) is 19.2 Å². The molecule has 0 heterocycles. The van der Waals surface area contributed by atoms with Crippen molar-refractivity contribution in [3.63, 3.8) is 0 Å². The third-order valence-corrected chi connectivity index (χ3v) is 5.23. The molecule has 0 aliphatic heterocycles. The van der Waals surface area contributed by atoms with Crippen LogP contribution in [-0.4, -0.2) is 33.8 Å². The van der Waals surface area contributed by atoms with Crippen LogP contribution in [0.2, 0.25) is 0 Å². The zero-order valence-corrected chi connectivity index (χ0v) is 16.0. The van der Waals surface area contributed by atoms with E-state index in [1.54, 1.807) is 24.3 Å². The molecule has 0 radical (unpaired) electrons. The Morgan fingerprint density at radius 2 is 1.89 bits per heavy atom. The summed E-state index contributed by atoms with van der Waals surface area (Å²) >= 11 is 0. The van der Waals surface area contributed by atoms with Gasteiger partial charge in [-0.05, 0) is 29.8 Å². The van der Waals surface area contributed by atoms with E-state index in [0.717, 1.165) is 12.1 Å². The summed E-state index contributed by atoms with van der Waals surface area (Å²) in [7, 11) is -2.63. The second kappa shape index (κ2) is 9.25. The maximum absolute atomic E-state index is 14.0. The van der Waals surface area contributed by atoms with Crippen molar-refractivity contribution in [2.24, 2.45) is 0 Å². The highest BCUT2D eigenvalue weighted by molar-refractivity contribution is 7.89. The number of carbonyl (C=O) groups excluding carboxylic acids is 2. The number of rotatable bonds is 8.